The van der Waals surface area contributed by atoms with Gasteiger partial charge in [-0.2, -0.15) is 0 Å². The van der Waals surface area contributed by atoms with Crippen LogP contribution in [0.25, 0.3) is 10.2 Å². The number of hydrogen-bond donors (Lipinski definition) is 0. The first-order chi connectivity index (χ1) is 10.4. The second-order valence-electron chi connectivity index (χ2n) is 5.55. The largest absolute Gasteiger partial charge is 0.298 e. The average Bonchev–Trinajstić information content (AvgIpc) is 2.75. The van der Waals surface area contributed by atoms with Crippen LogP contribution in [0.2, 0.25) is 0 Å². The van der Waals surface area contributed by atoms with E-state index in [4.69, 9.17) is 4.98 Å². The molecular formula is C16H23N3O2S. The summed E-state index contributed by atoms with van der Waals surface area (Å²) in [5, 5.41) is 0.659. The molecule has 0 N–H and O–H groups in total. The minimum absolute atomic E-state index is 0.0337. The maximum absolute atomic E-state index is 12.8. The van der Waals surface area contributed by atoms with Crippen molar-refractivity contribution in [3.05, 3.63) is 26.6 Å². The number of aromatic nitrogens is 2. The molecule has 2 aromatic heterocycles. The number of carbonyl (C=O) groups excluding carboxylic acids is 1. The van der Waals surface area contributed by atoms with Gasteiger partial charge in [0.05, 0.1) is 18.5 Å². The van der Waals surface area contributed by atoms with Gasteiger partial charge in [0, 0.05) is 4.88 Å². The third-order valence-electron chi connectivity index (χ3n) is 4.01. The molecule has 6 heteroatoms. The minimum Gasteiger partial charge on any atom is -0.298 e. The number of ketones is 1. The zero-order chi connectivity index (χ0) is 16.4. The summed E-state index contributed by atoms with van der Waals surface area (Å²) in [7, 11) is 0. The van der Waals surface area contributed by atoms with Gasteiger partial charge in [0.25, 0.3) is 5.56 Å². The Balaban J connectivity index is 2.67. The Kier molecular flexibility index (Phi) is 5.13. The summed E-state index contributed by atoms with van der Waals surface area (Å²) < 4.78 is 1.54. The van der Waals surface area contributed by atoms with Crippen molar-refractivity contribution in [3.8, 4) is 0 Å². The normalized spacial score (nSPS) is 11.5. The van der Waals surface area contributed by atoms with Crippen molar-refractivity contribution in [3.63, 3.8) is 0 Å². The number of nitrogens with zero attached hydrogens (tertiary/aromatic N) is 3. The Morgan fingerprint density at radius 1 is 1.27 bits per heavy atom. The lowest BCUT2D eigenvalue weighted by atomic mass is 10.2. The van der Waals surface area contributed by atoms with Crippen molar-refractivity contribution >= 4 is 27.3 Å². The fourth-order valence-electron chi connectivity index (χ4n) is 2.52. The van der Waals surface area contributed by atoms with Gasteiger partial charge in [-0.1, -0.05) is 13.8 Å². The fourth-order valence-corrected chi connectivity index (χ4v) is 3.56. The molecule has 0 fully saturated rings. The summed E-state index contributed by atoms with van der Waals surface area (Å²) in [5.41, 5.74) is 0.883. The molecule has 0 bridgehead atoms. The van der Waals surface area contributed by atoms with Gasteiger partial charge in [-0.05, 0) is 39.4 Å². The topological polar surface area (TPSA) is 55.2 Å². The molecule has 2 heterocycles. The first-order valence-corrected chi connectivity index (χ1v) is 8.41. The summed E-state index contributed by atoms with van der Waals surface area (Å²) in [6, 6.07) is 0. The van der Waals surface area contributed by atoms with Crippen molar-refractivity contribution in [1.29, 1.82) is 0 Å². The number of fused-ring (bicyclic) bond motifs is 1. The molecule has 22 heavy (non-hydrogen) atoms. The van der Waals surface area contributed by atoms with Crippen molar-refractivity contribution < 1.29 is 4.79 Å². The van der Waals surface area contributed by atoms with Crippen LogP contribution in [-0.4, -0.2) is 33.3 Å². The highest BCUT2D eigenvalue weighted by molar-refractivity contribution is 7.18. The molecular weight excluding hydrogens is 298 g/mol. The molecule has 0 saturated carbocycles. The summed E-state index contributed by atoms with van der Waals surface area (Å²) in [4.78, 5) is 33.2. The van der Waals surface area contributed by atoms with Crippen molar-refractivity contribution in [2.24, 2.45) is 0 Å². The molecule has 0 spiro atoms. The molecule has 0 amide bonds. The van der Waals surface area contributed by atoms with Crippen LogP contribution >= 0.6 is 11.3 Å². The van der Waals surface area contributed by atoms with Gasteiger partial charge in [0.15, 0.2) is 0 Å². The molecule has 0 unspecified atom stereocenters. The lowest BCUT2D eigenvalue weighted by Gasteiger charge is -2.20. The van der Waals surface area contributed by atoms with Crippen LogP contribution in [0.1, 0.15) is 37.0 Å². The van der Waals surface area contributed by atoms with E-state index in [9.17, 15) is 9.59 Å². The standard InChI is InChI=1S/C16H23N3O2S/c1-6-18(7-2)9-13-17-15-14(11(4)12(5)22-15)16(21)19(13)8-10(3)20/h6-9H2,1-5H3. The summed E-state index contributed by atoms with van der Waals surface area (Å²) >= 11 is 1.55. The number of Topliss-reactive ketones (excluding diaryl/α,β-unsaturated/α-hetero) is 1. The first-order valence-electron chi connectivity index (χ1n) is 7.60. The van der Waals surface area contributed by atoms with Crippen LogP contribution in [0.4, 0.5) is 0 Å². The predicted octanol–water partition coefficient (Wildman–Crippen LogP) is 2.51. The number of rotatable bonds is 6. The van der Waals surface area contributed by atoms with Crippen molar-refractivity contribution in [2.75, 3.05) is 13.1 Å². The van der Waals surface area contributed by atoms with Gasteiger partial charge in [0.1, 0.15) is 16.4 Å². The molecule has 0 saturated heterocycles. The molecule has 0 aliphatic rings. The van der Waals surface area contributed by atoms with Crippen LogP contribution in [-0.2, 0) is 17.9 Å². The van der Waals surface area contributed by atoms with Crippen molar-refractivity contribution in [2.45, 2.75) is 47.7 Å². The molecule has 0 aliphatic heterocycles. The lowest BCUT2D eigenvalue weighted by Crippen LogP contribution is -2.32. The fraction of sp³-hybridized carbons (Fsp3) is 0.562. The van der Waals surface area contributed by atoms with Gasteiger partial charge < -0.3 is 0 Å². The minimum atomic E-state index is -0.0933. The van der Waals surface area contributed by atoms with Crippen LogP contribution in [0.5, 0.6) is 0 Å². The highest BCUT2D eigenvalue weighted by Crippen LogP contribution is 2.26. The van der Waals surface area contributed by atoms with E-state index in [-0.39, 0.29) is 17.9 Å². The molecule has 120 valence electrons. The summed E-state index contributed by atoms with van der Waals surface area (Å²) in [6.45, 7) is 12.0. The number of carbonyl (C=O) groups is 1. The number of hydrogen-bond acceptors (Lipinski definition) is 5. The van der Waals surface area contributed by atoms with Gasteiger partial charge >= 0.3 is 0 Å². The van der Waals surface area contributed by atoms with Crippen LogP contribution < -0.4 is 5.56 Å². The van der Waals surface area contributed by atoms with E-state index in [0.29, 0.717) is 17.8 Å². The molecule has 5 nitrogen and oxygen atoms in total. The van der Waals surface area contributed by atoms with E-state index in [2.05, 4.69) is 18.7 Å². The highest BCUT2D eigenvalue weighted by atomic mass is 32.1. The van der Waals surface area contributed by atoms with E-state index < -0.39 is 0 Å². The van der Waals surface area contributed by atoms with E-state index in [1.165, 1.54) is 6.92 Å². The molecule has 0 aliphatic carbocycles. The van der Waals surface area contributed by atoms with E-state index >= 15 is 0 Å². The molecule has 0 aromatic carbocycles. The third kappa shape index (κ3) is 3.13. The van der Waals surface area contributed by atoms with Gasteiger partial charge in [-0.3, -0.25) is 19.1 Å². The Morgan fingerprint density at radius 3 is 2.45 bits per heavy atom. The second-order valence-corrected chi connectivity index (χ2v) is 6.75. The lowest BCUT2D eigenvalue weighted by molar-refractivity contribution is -0.117. The number of aryl methyl sites for hydroxylation is 2. The van der Waals surface area contributed by atoms with Crippen LogP contribution in [0.3, 0.4) is 0 Å². The zero-order valence-corrected chi connectivity index (χ0v) is 14.7. The zero-order valence-electron chi connectivity index (χ0n) is 13.9. The van der Waals surface area contributed by atoms with Crippen molar-refractivity contribution in [1.82, 2.24) is 14.5 Å². The SMILES string of the molecule is CCN(CC)Cc1nc2sc(C)c(C)c2c(=O)n1CC(C)=O. The second kappa shape index (κ2) is 6.71. The summed E-state index contributed by atoms with van der Waals surface area (Å²) in [6.07, 6.45) is 0. The van der Waals surface area contributed by atoms with E-state index in [1.54, 1.807) is 15.9 Å². The Morgan fingerprint density at radius 2 is 1.91 bits per heavy atom. The van der Waals surface area contributed by atoms with E-state index in [0.717, 1.165) is 28.4 Å². The van der Waals surface area contributed by atoms with Crippen LogP contribution in [0, 0.1) is 13.8 Å². The number of thiophene rings is 1. The van der Waals surface area contributed by atoms with Gasteiger partial charge in [0.2, 0.25) is 0 Å². The van der Waals surface area contributed by atoms with Gasteiger partial charge in [-0.25, -0.2) is 4.98 Å². The first kappa shape index (κ1) is 16.8. The summed E-state index contributed by atoms with van der Waals surface area (Å²) in [5.74, 6) is 0.645. The molecule has 0 radical (unpaired) electrons. The Hall–Kier alpha value is -1.53. The molecule has 2 rings (SSSR count). The smallest absolute Gasteiger partial charge is 0.263 e. The highest BCUT2D eigenvalue weighted by Gasteiger charge is 2.18. The van der Waals surface area contributed by atoms with E-state index in [1.807, 2.05) is 13.8 Å². The van der Waals surface area contributed by atoms with Gasteiger partial charge in [-0.15, -0.1) is 11.3 Å². The molecule has 2 aromatic rings. The quantitative estimate of drug-likeness (QED) is 0.820. The molecule has 0 atom stereocenters. The Bertz CT molecular complexity index is 757. The maximum atomic E-state index is 12.8. The maximum Gasteiger partial charge on any atom is 0.263 e. The third-order valence-corrected chi connectivity index (χ3v) is 5.11. The predicted molar refractivity (Wildman–Crippen MR) is 90.7 cm³/mol. The Labute approximate surface area is 134 Å². The average molecular weight is 321 g/mol. The monoisotopic (exact) mass is 321 g/mol. The van der Waals surface area contributed by atoms with Crippen LogP contribution in [0.15, 0.2) is 4.79 Å².